The average Bonchev–Trinajstić information content (AvgIpc) is 2.05. The molecular weight excluding hydrogens is 179 g/mol. The van der Waals surface area contributed by atoms with E-state index in [-0.39, 0.29) is 0 Å². The summed E-state index contributed by atoms with van der Waals surface area (Å²) in [4.78, 5) is 0. The molecule has 15 heavy (non-hydrogen) atoms. The quantitative estimate of drug-likeness (QED) is 0.641. The monoisotopic (exact) mass is 198 g/mol. The lowest BCUT2D eigenvalue weighted by Gasteiger charge is -2.39. The molecule has 1 heteroatoms. The molecule has 0 bridgehead atoms. The van der Waals surface area contributed by atoms with E-state index in [1.807, 2.05) is 6.07 Å². The molecule has 1 aliphatic rings. The topological polar surface area (TPSA) is 0 Å². The van der Waals surface area contributed by atoms with Crippen molar-refractivity contribution < 1.29 is 0 Å². The molecule has 0 aromatic heterocycles. The SMILES string of the molecule is [B]c1ccc(C2CC(C(C)C)C2)c(C)c1. The van der Waals surface area contributed by atoms with Crippen LogP contribution in [0.3, 0.4) is 0 Å². The Hall–Kier alpha value is -0.715. The Kier molecular flexibility index (Phi) is 2.90. The molecule has 1 saturated carbocycles. The fourth-order valence-electron chi connectivity index (χ4n) is 2.62. The molecule has 1 aliphatic carbocycles. The summed E-state index contributed by atoms with van der Waals surface area (Å²) in [6.45, 7) is 6.84. The van der Waals surface area contributed by atoms with Crippen molar-refractivity contribution in [2.45, 2.75) is 39.5 Å². The van der Waals surface area contributed by atoms with Crippen molar-refractivity contribution >= 4 is 13.3 Å². The second-order valence-electron chi connectivity index (χ2n) is 5.29. The maximum atomic E-state index is 5.76. The van der Waals surface area contributed by atoms with Gasteiger partial charge < -0.3 is 0 Å². The summed E-state index contributed by atoms with van der Waals surface area (Å²) in [5.41, 5.74) is 3.76. The molecule has 0 aliphatic heterocycles. The van der Waals surface area contributed by atoms with Crippen molar-refractivity contribution in [2.24, 2.45) is 11.8 Å². The average molecular weight is 198 g/mol. The van der Waals surface area contributed by atoms with Crippen LogP contribution >= 0.6 is 0 Å². The number of hydrogen-bond acceptors (Lipinski definition) is 0. The maximum absolute atomic E-state index is 5.76. The Labute approximate surface area is 94.5 Å². The van der Waals surface area contributed by atoms with E-state index >= 15 is 0 Å². The van der Waals surface area contributed by atoms with E-state index in [2.05, 4.69) is 32.9 Å². The van der Waals surface area contributed by atoms with Crippen molar-refractivity contribution in [3.8, 4) is 0 Å². The molecule has 1 aromatic carbocycles. The second kappa shape index (κ2) is 4.04. The van der Waals surface area contributed by atoms with Gasteiger partial charge in [0.2, 0.25) is 0 Å². The number of rotatable bonds is 2. The van der Waals surface area contributed by atoms with E-state index < -0.39 is 0 Å². The first-order valence-corrected chi connectivity index (χ1v) is 5.94. The van der Waals surface area contributed by atoms with Crippen LogP contribution in [0, 0.1) is 18.8 Å². The summed E-state index contributed by atoms with van der Waals surface area (Å²) in [5, 5.41) is 0. The van der Waals surface area contributed by atoms with Crippen LogP contribution in [-0.4, -0.2) is 7.85 Å². The first-order chi connectivity index (χ1) is 7.08. The van der Waals surface area contributed by atoms with Crippen molar-refractivity contribution in [2.75, 3.05) is 0 Å². The highest BCUT2D eigenvalue weighted by Gasteiger charge is 2.32. The fraction of sp³-hybridized carbons (Fsp3) is 0.571. The Morgan fingerprint density at radius 1 is 1.27 bits per heavy atom. The summed E-state index contributed by atoms with van der Waals surface area (Å²) < 4.78 is 0. The van der Waals surface area contributed by atoms with Gasteiger partial charge in [-0.2, -0.15) is 0 Å². The van der Waals surface area contributed by atoms with Crippen LogP contribution in [-0.2, 0) is 0 Å². The van der Waals surface area contributed by atoms with Crippen molar-refractivity contribution in [1.82, 2.24) is 0 Å². The van der Waals surface area contributed by atoms with Crippen LogP contribution in [0.4, 0.5) is 0 Å². The van der Waals surface area contributed by atoms with E-state index in [4.69, 9.17) is 7.85 Å². The predicted molar refractivity (Wildman–Crippen MR) is 66.9 cm³/mol. The van der Waals surface area contributed by atoms with Gasteiger partial charge in [0, 0.05) is 0 Å². The fourth-order valence-corrected chi connectivity index (χ4v) is 2.62. The highest BCUT2D eigenvalue weighted by atomic mass is 14.4. The van der Waals surface area contributed by atoms with Gasteiger partial charge in [0.05, 0.1) is 0 Å². The molecule has 1 fully saturated rings. The molecule has 2 radical (unpaired) electrons. The summed E-state index contributed by atoms with van der Waals surface area (Å²) in [5.74, 6) is 2.57. The summed E-state index contributed by atoms with van der Waals surface area (Å²) in [6, 6.07) is 6.34. The van der Waals surface area contributed by atoms with Gasteiger partial charge in [-0.15, -0.1) is 0 Å². The van der Waals surface area contributed by atoms with E-state index in [1.165, 1.54) is 24.0 Å². The molecule has 0 nitrogen and oxygen atoms in total. The first-order valence-electron chi connectivity index (χ1n) is 5.94. The van der Waals surface area contributed by atoms with E-state index in [0.717, 1.165) is 23.2 Å². The maximum Gasteiger partial charge on any atom is 0.113 e. The summed E-state index contributed by atoms with van der Waals surface area (Å²) >= 11 is 0. The number of aryl methyl sites for hydroxylation is 1. The minimum absolute atomic E-state index is 0.790. The number of hydrogen-bond donors (Lipinski definition) is 0. The second-order valence-corrected chi connectivity index (χ2v) is 5.29. The molecule has 0 N–H and O–H groups in total. The van der Waals surface area contributed by atoms with Gasteiger partial charge >= 0.3 is 0 Å². The smallest absolute Gasteiger partial charge is 0.0964 e. The van der Waals surface area contributed by atoms with E-state index in [1.54, 1.807) is 0 Å². The lowest BCUT2D eigenvalue weighted by atomic mass is 9.66. The van der Waals surface area contributed by atoms with Crippen LogP contribution in [0.15, 0.2) is 18.2 Å². The normalized spacial score (nSPS) is 25.3. The van der Waals surface area contributed by atoms with Gasteiger partial charge in [0.25, 0.3) is 0 Å². The third-order valence-electron chi connectivity index (χ3n) is 3.85. The zero-order valence-corrected chi connectivity index (χ0v) is 9.96. The molecule has 78 valence electrons. The van der Waals surface area contributed by atoms with Gasteiger partial charge in [-0.25, -0.2) is 0 Å². The van der Waals surface area contributed by atoms with Gasteiger partial charge in [-0.1, -0.05) is 37.5 Å². The Morgan fingerprint density at radius 2 is 1.93 bits per heavy atom. The molecule has 0 saturated heterocycles. The van der Waals surface area contributed by atoms with Gasteiger partial charge in [0.1, 0.15) is 7.85 Å². The zero-order valence-electron chi connectivity index (χ0n) is 9.96. The van der Waals surface area contributed by atoms with E-state index in [0.29, 0.717) is 0 Å². The van der Waals surface area contributed by atoms with Crippen LogP contribution in [0.1, 0.15) is 43.7 Å². The van der Waals surface area contributed by atoms with Crippen molar-refractivity contribution in [3.63, 3.8) is 0 Å². The highest BCUT2D eigenvalue weighted by Crippen LogP contribution is 2.45. The standard InChI is InChI=1S/C14H19B/c1-9(2)11-7-12(8-11)14-5-4-13(15)6-10(14)3/h4-6,9,11-12H,7-8H2,1-3H3. The summed E-state index contributed by atoms with van der Waals surface area (Å²) in [6.07, 6.45) is 2.73. The molecule has 0 unspecified atom stereocenters. The van der Waals surface area contributed by atoms with E-state index in [9.17, 15) is 0 Å². The van der Waals surface area contributed by atoms with Gasteiger partial charge in [-0.3, -0.25) is 0 Å². The molecule has 0 heterocycles. The van der Waals surface area contributed by atoms with Crippen LogP contribution in [0.25, 0.3) is 0 Å². The van der Waals surface area contributed by atoms with Crippen molar-refractivity contribution in [1.29, 1.82) is 0 Å². The molecule has 0 amide bonds. The minimum Gasteiger partial charge on any atom is -0.0964 e. The molecule has 1 aromatic rings. The largest absolute Gasteiger partial charge is 0.113 e. The molecular formula is C14H19B. The predicted octanol–water partition coefficient (Wildman–Crippen LogP) is 2.94. The lowest BCUT2D eigenvalue weighted by molar-refractivity contribution is 0.196. The molecule has 0 atom stereocenters. The minimum atomic E-state index is 0.790. The lowest BCUT2D eigenvalue weighted by Crippen LogP contribution is -2.26. The third kappa shape index (κ3) is 2.11. The first kappa shape index (κ1) is 10.8. The number of benzene rings is 1. The van der Waals surface area contributed by atoms with Crippen molar-refractivity contribution in [3.05, 3.63) is 29.3 Å². The molecule has 0 spiro atoms. The van der Waals surface area contributed by atoms with Crippen LogP contribution in [0.5, 0.6) is 0 Å². The Morgan fingerprint density at radius 3 is 2.47 bits per heavy atom. The third-order valence-corrected chi connectivity index (χ3v) is 3.85. The van der Waals surface area contributed by atoms with Crippen LogP contribution in [0.2, 0.25) is 0 Å². The summed E-state index contributed by atoms with van der Waals surface area (Å²) in [7, 11) is 5.76. The highest BCUT2D eigenvalue weighted by molar-refractivity contribution is 6.32. The van der Waals surface area contributed by atoms with Crippen LogP contribution < -0.4 is 5.46 Å². The Balaban J connectivity index is 2.07. The van der Waals surface area contributed by atoms with Gasteiger partial charge in [-0.05, 0) is 48.6 Å². The zero-order chi connectivity index (χ0) is 11.0. The molecule has 2 rings (SSSR count). The van der Waals surface area contributed by atoms with Gasteiger partial charge in [0.15, 0.2) is 0 Å². The Bertz CT molecular complexity index is 348.